The molecule has 1 aliphatic rings. The fourth-order valence-electron chi connectivity index (χ4n) is 2.92. The molecule has 1 N–H and O–H groups in total. The first kappa shape index (κ1) is 13.6. The Balaban J connectivity index is 1.77. The first-order chi connectivity index (χ1) is 9.74. The summed E-state index contributed by atoms with van der Waals surface area (Å²) in [4.78, 5) is 4.58. The Morgan fingerprint density at radius 1 is 1.25 bits per heavy atom. The van der Waals surface area contributed by atoms with Crippen molar-refractivity contribution in [3.63, 3.8) is 0 Å². The van der Waals surface area contributed by atoms with Crippen LogP contribution in [0.5, 0.6) is 0 Å². The number of fused-ring (bicyclic) bond motifs is 1. The number of nitrogens with one attached hydrogen (secondary N) is 1. The maximum absolute atomic E-state index is 5.94. The van der Waals surface area contributed by atoms with Gasteiger partial charge in [0.15, 0.2) is 0 Å². The van der Waals surface area contributed by atoms with Crippen molar-refractivity contribution in [2.75, 3.05) is 0 Å². The quantitative estimate of drug-likeness (QED) is 0.901. The van der Waals surface area contributed by atoms with Crippen molar-refractivity contribution in [3.05, 3.63) is 64.4 Å². The monoisotopic (exact) mass is 286 g/mol. The third-order valence-corrected chi connectivity index (χ3v) is 4.27. The lowest BCUT2D eigenvalue weighted by Crippen LogP contribution is -2.28. The highest BCUT2D eigenvalue weighted by Crippen LogP contribution is 2.30. The van der Waals surface area contributed by atoms with Gasteiger partial charge in [-0.3, -0.25) is 4.98 Å². The number of aryl methyl sites for hydroxylation is 1. The van der Waals surface area contributed by atoms with E-state index in [1.807, 2.05) is 24.4 Å². The Morgan fingerprint density at radius 3 is 2.85 bits per heavy atom. The highest BCUT2D eigenvalue weighted by atomic mass is 35.5. The first-order valence-corrected chi connectivity index (χ1v) is 7.57. The standard InChI is InChI=1S/C17H19ClN2/c1-12(13-7-9-15(18)10-8-13)20-16-6-2-4-14-5-3-11-19-17(14)16/h3,5,7-12,16,20H,2,4,6H2,1H3/t12-,16?/m1/s1. The molecule has 0 bridgehead atoms. The fraction of sp³-hybridized carbons (Fsp3) is 0.353. The molecule has 2 aromatic rings. The van der Waals surface area contributed by atoms with Gasteiger partial charge in [-0.1, -0.05) is 29.8 Å². The Bertz CT molecular complexity index is 580. The Kier molecular flexibility index (Phi) is 4.04. The minimum Gasteiger partial charge on any atom is -0.302 e. The van der Waals surface area contributed by atoms with E-state index >= 15 is 0 Å². The molecule has 2 nitrogen and oxygen atoms in total. The summed E-state index contributed by atoms with van der Waals surface area (Å²) in [5.41, 5.74) is 3.87. The van der Waals surface area contributed by atoms with Gasteiger partial charge in [0.25, 0.3) is 0 Å². The smallest absolute Gasteiger partial charge is 0.0605 e. The number of nitrogens with zero attached hydrogens (tertiary/aromatic N) is 1. The van der Waals surface area contributed by atoms with Crippen LogP contribution in [0, 0.1) is 0 Å². The summed E-state index contributed by atoms with van der Waals surface area (Å²) in [5.74, 6) is 0. The van der Waals surface area contributed by atoms with Gasteiger partial charge in [0.2, 0.25) is 0 Å². The first-order valence-electron chi connectivity index (χ1n) is 7.19. The van der Waals surface area contributed by atoms with Crippen molar-refractivity contribution >= 4 is 11.6 Å². The second-order valence-electron chi connectivity index (χ2n) is 5.43. The van der Waals surface area contributed by atoms with Crippen molar-refractivity contribution in [1.82, 2.24) is 10.3 Å². The topological polar surface area (TPSA) is 24.9 Å². The molecule has 1 aromatic carbocycles. The molecule has 104 valence electrons. The van der Waals surface area contributed by atoms with Gasteiger partial charge >= 0.3 is 0 Å². The van der Waals surface area contributed by atoms with Gasteiger partial charge in [0.05, 0.1) is 11.7 Å². The molecule has 1 aliphatic carbocycles. The number of halogens is 1. The largest absolute Gasteiger partial charge is 0.302 e. The van der Waals surface area contributed by atoms with Crippen molar-refractivity contribution in [3.8, 4) is 0 Å². The zero-order valence-corrected chi connectivity index (χ0v) is 12.4. The number of benzene rings is 1. The number of pyridine rings is 1. The highest BCUT2D eigenvalue weighted by molar-refractivity contribution is 6.30. The number of hydrogen-bond donors (Lipinski definition) is 1. The summed E-state index contributed by atoms with van der Waals surface area (Å²) < 4.78 is 0. The van der Waals surface area contributed by atoms with Gasteiger partial charge < -0.3 is 5.32 Å². The Morgan fingerprint density at radius 2 is 2.05 bits per heavy atom. The van der Waals surface area contributed by atoms with Crippen LogP contribution in [0.4, 0.5) is 0 Å². The number of rotatable bonds is 3. The summed E-state index contributed by atoms with van der Waals surface area (Å²) in [5, 5.41) is 4.49. The van der Waals surface area contributed by atoms with E-state index in [4.69, 9.17) is 11.6 Å². The minimum absolute atomic E-state index is 0.297. The van der Waals surface area contributed by atoms with Gasteiger partial charge in [-0.05, 0) is 55.5 Å². The predicted octanol–water partition coefficient (Wildman–Crippen LogP) is 4.46. The van der Waals surface area contributed by atoms with Crippen molar-refractivity contribution < 1.29 is 0 Å². The van der Waals surface area contributed by atoms with Crippen LogP contribution in [0.3, 0.4) is 0 Å². The maximum Gasteiger partial charge on any atom is 0.0605 e. The predicted molar refractivity (Wildman–Crippen MR) is 82.9 cm³/mol. The van der Waals surface area contributed by atoms with E-state index in [2.05, 4.69) is 35.4 Å². The molecule has 3 rings (SSSR count). The van der Waals surface area contributed by atoms with Crippen molar-refractivity contribution in [2.24, 2.45) is 0 Å². The van der Waals surface area contributed by atoms with Crippen LogP contribution >= 0.6 is 11.6 Å². The second kappa shape index (κ2) is 5.94. The molecule has 0 saturated carbocycles. The van der Waals surface area contributed by atoms with E-state index in [1.165, 1.54) is 23.2 Å². The Hall–Kier alpha value is -1.38. The molecule has 3 heteroatoms. The lowest BCUT2D eigenvalue weighted by atomic mass is 9.91. The average Bonchev–Trinajstić information content (AvgIpc) is 2.48. The summed E-state index contributed by atoms with van der Waals surface area (Å²) in [6.07, 6.45) is 5.42. The van der Waals surface area contributed by atoms with E-state index in [0.29, 0.717) is 12.1 Å². The Labute approximate surface area is 125 Å². The number of aromatic nitrogens is 1. The van der Waals surface area contributed by atoms with E-state index in [9.17, 15) is 0 Å². The SMILES string of the molecule is C[C@@H](NC1CCCc2cccnc21)c1ccc(Cl)cc1. The van der Waals surface area contributed by atoms with Crippen LogP contribution in [0.2, 0.25) is 5.02 Å². The van der Waals surface area contributed by atoms with Crippen LogP contribution in [0.1, 0.15) is 48.7 Å². The lowest BCUT2D eigenvalue weighted by Gasteiger charge is -2.28. The van der Waals surface area contributed by atoms with Crippen molar-refractivity contribution in [1.29, 1.82) is 0 Å². The molecule has 1 aromatic heterocycles. The molecular weight excluding hydrogens is 268 g/mol. The van der Waals surface area contributed by atoms with E-state index in [0.717, 1.165) is 17.9 Å². The third kappa shape index (κ3) is 2.87. The molecule has 1 heterocycles. The summed E-state index contributed by atoms with van der Waals surface area (Å²) in [6.45, 7) is 2.19. The lowest BCUT2D eigenvalue weighted by molar-refractivity contribution is 0.406. The number of hydrogen-bond acceptors (Lipinski definition) is 2. The highest BCUT2D eigenvalue weighted by Gasteiger charge is 2.22. The molecule has 0 saturated heterocycles. The van der Waals surface area contributed by atoms with E-state index in [-0.39, 0.29) is 0 Å². The molecule has 0 spiro atoms. The van der Waals surface area contributed by atoms with Gasteiger partial charge in [-0.25, -0.2) is 0 Å². The van der Waals surface area contributed by atoms with E-state index in [1.54, 1.807) is 0 Å². The van der Waals surface area contributed by atoms with Crippen LogP contribution in [-0.4, -0.2) is 4.98 Å². The summed E-state index contributed by atoms with van der Waals surface area (Å²) in [7, 11) is 0. The summed E-state index contributed by atoms with van der Waals surface area (Å²) >= 11 is 5.94. The molecule has 0 aliphatic heterocycles. The van der Waals surface area contributed by atoms with Crippen LogP contribution in [0.25, 0.3) is 0 Å². The fourth-order valence-corrected chi connectivity index (χ4v) is 3.05. The van der Waals surface area contributed by atoms with Gasteiger partial charge in [-0.15, -0.1) is 0 Å². The minimum atomic E-state index is 0.297. The van der Waals surface area contributed by atoms with Crippen LogP contribution in [0.15, 0.2) is 42.6 Å². The average molecular weight is 287 g/mol. The molecule has 0 amide bonds. The zero-order valence-electron chi connectivity index (χ0n) is 11.6. The molecule has 1 unspecified atom stereocenters. The second-order valence-corrected chi connectivity index (χ2v) is 5.87. The third-order valence-electron chi connectivity index (χ3n) is 4.02. The van der Waals surface area contributed by atoms with Gasteiger partial charge in [-0.2, -0.15) is 0 Å². The molecule has 0 fully saturated rings. The van der Waals surface area contributed by atoms with Crippen LogP contribution in [-0.2, 0) is 6.42 Å². The van der Waals surface area contributed by atoms with Crippen LogP contribution < -0.4 is 5.32 Å². The maximum atomic E-state index is 5.94. The molecular formula is C17H19ClN2. The molecule has 2 atom stereocenters. The van der Waals surface area contributed by atoms with Gasteiger partial charge in [0, 0.05) is 17.3 Å². The summed E-state index contributed by atoms with van der Waals surface area (Å²) in [6, 6.07) is 12.9. The zero-order chi connectivity index (χ0) is 13.9. The molecule has 0 radical (unpaired) electrons. The van der Waals surface area contributed by atoms with Crippen molar-refractivity contribution in [2.45, 2.75) is 38.3 Å². The molecule has 20 heavy (non-hydrogen) atoms. The normalized spacial score (nSPS) is 19.4. The van der Waals surface area contributed by atoms with Gasteiger partial charge in [0.1, 0.15) is 0 Å². The van der Waals surface area contributed by atoms with E-state index < -0.39 is 0 Å².